The molecule has 2 unspecified atom stereocenters. The third-order valence-electron chi connectivity index (χ3n) is 4.49. The molecule has 0 aromatic rings. The average Bonchev–Trinajstić information content (AvgIpc) is 2.63. The molecule has 2 fully saturated rings. The molecule has 0 radical (unpaired) electrons. The van der Waals surface area contributed by atoms with Crippen molar-refractivity contribution in [3.8, 4) is 0 Å². The second-order valence-electron chi connectivity index (χ2n) is 5.79. The van der Waals surface area contributed by atoms with Crippen molar-refractivity contribution in [1.29, 1.82) is 0 Å². The summed E-state index contributed by atoms with van der Waals surface area (Å²) >= 11 is 0. The molecule has 3 nitrogen and oxygen atoms in total. The molecule has 2 atom stereocenters. The maximum Gasteiger partial charge on any atom is 0.144 e. The third-order valence-corrected chi connectivity index (χ3v) is 4.49. The van der Waals surface area contributed by atoms with E-state index in [1.165, 1.54) is 25.7 Å². The van der Waals surface area contributed by atoms with Gasteiger partial charge in [-0.25, -0.2) is 0 Å². The van der Waals surface area contributed by atoms with Crippen molar-refractivity contribution in [3.05, 3.63) is 0 Å². The molecule has 1 spiro atoms. The minimum atomic E-state index is -0.128. The summed E-state index contributed by atoms with van der Waals surface area (Å²) in [5.74, 6) is 0.443. The molecule has 2 saturated carbocycles. The summed E-state index contributed by atoms with van der Waals surface area (Å²) < 4.78 is 11.4. The lowest BCUT2D eigenvalue weighted by Crippen LogP contribution is -2.56. The fraction of sp³-hybridized carbons (Fsp3) is 0.933. The number of rotatable bonds is 5. The van der Waals surface area contributed by atoms with Gasteiger partial charge in [0.25, 0.3) is 0 Å². The largest absolute Gasteiger partial charge is 0.379 e. The Morgan fingerprint density at radius 2 is 1.94 bits per heavy atom. The lowest BCUT2D eigenvalue weighted by molar-refractivity contribution is -0.177. The first-order valence-electron chi connectivity index (χ1n) is 7.45. The van der Waals surface area contributed by atoms with Crippen LogP contribution in [0.1, 0.15) is 58.8 Å². The fourth-order valence-corrected chi connectivity index (χ4v) is 3.36. The summed E-state index contributed by atoms with van der Waals surface area (Å²) in [5.41, 5.74) is -0.128. The Labute approximate surface area is 110 Å². The van der Waals surface area contributed by atoms with E-state index in [1.807, 2.05) is 13.8 Å². The van der Waals surface area contributed by atoms with Crippen molar-refractivity contribution in [2.75, 3.05) is 13.2 Å². The number of carbonyl (C=O) groups excluding carboxylic acids is 1. The lowest BCUT2D eigenvalue weighted by atomic mass is 9.60. The van der Waals surface area contributed by atoms with E-state index in [1.54, 1.807) is 0 Å². The Kier molecular flexibility index (Phi) is 4.79. The van der Waals surface area contributed by atoms with E-state index >= 15 is 0 Å². The Balaban J connectivity index is 1.90. The Morgan fingerprint density at radius 1 is 1.28 bits per heavy atom. The number of hydrogen-bond donors (Lipinski definition) is 0. The Hall–Kier alpha value is -0.410. The highest BCUT2D eigenvalue weighted by atomic mass is 16.5. The van der Waals surface area contributed by atoms with Crippen molar-refractivity contribution in [3.63, 3.8) is 0 Å². The smallest absolute Gasteiger partial charge is 0.144 e. The molecular formula is C15H26O3. The van der Waals surface area contributed by atoms with Gasteiger partial charge in [-0.1, -0.05) is 25.7 Å². The highest BCUT2D eigenvalue weighted by molar-refractivity contribution is 5.92. The zero-order valence-corrected chi connectivity index (χ0v) is 11.7. The van der Waals surface area contributed by atoms with Gasteiger partial charge in [0.05, 0.1) is 24.2 Å². The molecule has 18 heavy (non-hydrogen) atoms. The first-order chi connectivity index (χ1) is 8.69. The van der Waals surface area contributed by atoms with Gasteiger partial charge in [-0.2, -0.15) is 0 Å². The Bertz CT molecular complexity index is 279. The highest BCUT2D eigenvalue weighted by Gasteiger charge is 2.55. The van der Waals surface area contributed by atoms with Crippen LogP contribution in [0.5, 0.6) is 0 Å². The maximum atomic E-state index is 12.1. The van der Waals surface area contributed by atoms with Crippen LogP contribution in [0, 0.1) is 5.41 Å². The van der Waals surface area contributed by atoms with Crippen LogP contribution in [0.2, 0.25) is 0 Å². The van der Waals surface area contributed by atoms with Gasteiger partial charge in [-0.15, -0.1) is 0 Å². The van der Waals surface area contributed by atoms with Crippen molar-refractivity contribution in [1.82, 2.24) is 0 Å². The van der Waals surface area contributed by atoms with Gasteiger partial charge < -0.3 is 9.47 Å². The van der Waals surface area contributed by atoms with E-state index < -0.39 is 0 Å². The van der Waals surface area contributed by atoms with Gasteiger partial charge in [0, 0.05) is 13.0 Å². The van der Waals surface area contributed by atoms with Crippen LogP contribution >= 0.6 is 0 Å². The molecule has 0 aromatic heterocycles. The third kappa shape index (κ3) is 2.77. The molecular weight excluding hydrogens is 228 g/mol. The van der Waals surface area contributed by atoms with Crippen LogP contribution in [0.25, 0.3) is 0 Å². The molecule has 0 saturated heterocycles. The van der Waals surface area contributed by atoms with Crippen LogP contribution in [0.3, 0.4) is 0 Å². The maximum absolute atomic E-state index is 12.1. The van der Waals surface area contributed by atoms with Crippen molar-refractivity contribution >= 4 is 5.78 Å². The molecule has 0 amide bonds. The minimum Gasteiger partial charge on any atom is -0.379 e. The van der Waals surface area contributed by atoms with Gasteiger partial charge in [0.1, 0.15) is 5.78 Å². The minimum absolute atomic E-state index is 0.100. The van der Waals surface area contributed by atoms with Crippen molar-refractivity contribution < 1.29 is 14.3 Å². The number of hydrogen-bond acceptors (Lipinski definition) is 3. The zero-order valence-electron chi connectivity index (χ0n) is 11.7. The normalized spacial score (nSPS) is 28.8. The lowest BCUT2D eigenvalue weighted by Gasteiger charge is -2.48. The molecule has 0 aromatic carbocycles. The zero-order chi connectivity index (χ0) is 13.0. The quantitative estimate of drug-likeness (QED) is 0.756. The second-order valence-corrected chi connectivity index (χ2v) is 5.79. The molecule has 2 aliphatic rings. The van der Waals surface area contributed by atoms with Crippen LogP contribution in [-0.2, 0) is 14.3 Å². The number of Topliss-reactive ketones (excluding diaryl/α,β-unsaturated/α-hetero) is 1. The van der Waals surface area contributed by atoms with E-state index in [-0.39, 0.29) is 17.6 Å². The van der Waals surface area contributed by atoms with E-state index in [9.17, 15) is 4.79 Å². The molecule has 0 aliphatic heterocycles. The van der Waals surface area contributed by atoms with Gasteiger partial charge in [-0.3, -0.25) is 4.79 Å². The van der Waals surface area contributed by atoms with Crippen molar-refractivity contribution in [2.45, 2.75) is 71.0 Å². The first-order valence-corrected chi connectivity index (χ1v) is 7.45. The monoisotopic (exact) mass is 254 g/mol. The SMILES string of the molecule is CCOCC(C)OC1CC(=O)C12CCCCCC2. The summed E-state index contributed by atoms with van der Waals surface area (Å²) in [4.78, 5) is 12.1. The number of ether oxygens (including phenoxy) is 2. The van der Waals surface area contributed by atoms with E-state index in [0.717, 1.165) is 19.4 Å². The predicted octanol–water partition coefficient (Wildman–Crippen LogP) is 3.11. The van der Waals surface area contributed by atoms with Crippen LogP contribution < -0.4 is 0 Å². The van der Waals surface area contributed by atoms with E-state index in [0.29, 0.717) is 18.8 Å². The fourth-order valence-electron chi connectivity index (χ4n) is 3.36. The summed E-state index contributed by atoms with van der Waals surface area (Å²) in [6, 6.07) is 0. The molecule has 0 N–H and O–H groups in total. The summed E-state index contributed by atoms with van der Waals surface area (Å²) in [7, 11) is 0. The molecule has 0 heterocycles. The van der Waals surface area contributed by atoms with Gasteiger partial charge >= 0.3 is 0 Å². The van der Waals surface area contributed by atoms with Crippen LogP contribution in [0.4, 0.5) is 0 Å². The van der Waals surface area contributed by atoms with E-state index in [4.69, 9.17) is 9.47 Å². The highest BCUT2D eigenvalue weighted by Crippen LogP contribution is 2.49. The van der Waals surface area contributed by atoms with Crippen molar-refractivity contribution in [2.24, 2.45) is 5.41 Å². The number of ketones is 1. The second kappa shape index (κ2) is 6.16. The van der Waals surface area contributed by atoms with Gasteiger partial charge in [0.15, 0.2) is 0 Å². The summed E-state index contributed by atoms with van der Waals surface area (Å²) in [6.07, 6.45) is 7.87. The predicted molar refractivity (Wildman–Crippen MR) is 70.6 cm³/mol. The molecule has 3 heteroatoms. The van der Waals surface area contributed by atoms with Gasteiger partial charge in [0.2, 0.25) is 0 Å². The van der Waals surface area contributed by atoms with Crippen LogP contribution in [-0.4, -0.2) is 31.2 Å². The molecule has 0 bridgehead atoms. The topological polar surface area (TPSA) is 35.5 Å². The summed E-state index contributed by atoms with van der Waals surface area (Å²) in [6.45, 7) is 5.40. The standard InChI is InChI=1S/C15H26O3/c1-3-17-11-12(2)18-14-10-13(16)15(14)8-6-4-5-7-9-15/h12,14H,3-11H2,1-2H3. The molecule has 104 valence electrons. The first kappa shape index (κ1) is 14.0. The van der Waals surface area contributed by atoms with E-state index in [2.05, 4.69) is 0 Å². The molecule has 2 aliphatic carbocycles. The van der Waals surface area contributed by atoms with Crippen LogP contribution in [0.15, 0.2) is 0 Å². The summed E-state index contributed by atoms with van der Waals surface area (Å²) in [5, 5.41) is 0. The number of carbonyl (C=O) groups is 1. The Morgan fingerprint density at radius 3 is 2.50 bits per heavy atom. The molecule has 2 rings (SSSR count). The average molecular weight is 254 g/mol. The van der Waals surface area contributed by atoms with Gasteiger partial charge in [-0.05, 0) is 26.7 Å².